The van der Waals surface area contributed by atoms with Gasteiger partial charge in [-0.1, -0.05) is 94.5 Å². The summed E-state index contributed by atoms with van der Waals surface area (Å²) in [6.07, 6.45) is 4.16. The number of hydrogen-bond acceptors (Lipinski definition) is 0. The van der Waals surface area contributed by atoms with Crippen molar-refractivity contribution in [1.82, 2.24) is 0 Å². The Kier molecular flexibility index (Phi) is 5.76. The van der Waals surface area contributed by atoms with E-state index in [0.717, 1.165) is 0 Å². The van der Waals surface area contributed by atoms with Gasteiger partial charge in [-0.15, -0.1) is 0 Å². The highest BCUT2D eigenvalue weighted by molar-refractivity contribution is 6.87. The molecule has 0 rings (SSSR count). The highest BCUT2D eigenvalue weighted by Gasteiger charge is 2.58. The summed E-state index contributed by atoms with van der Waals surface area (Å²) in [6, 6.07) is 1.48. The van der Waals surface area contributed by atoms with Crippen LogP contribution in [0.2, 0.25) is 21.2 Å². The first-order valence-corrected chi connectivity index (χ1v) is 10.0. The number of hydrogen-bond donors (Lipinski definition) is 0. The van der Waals surface area contributed by atoms with Crippen molar-refractivity contribution in [3.05, 3.63) is 0 Å². The van der Waals surface area contributed by atoms with E-state index in [2.05, 4.69) is 69.2 Å². The van der Waals surface area contributed by atoms with Crippen molar-refractivity contribution in [2.45, 2.75) is 110 Å². The van der Waals surface area contributed by atoms with E-state index in [0.29, 0.717) is 15.1 Å². The van der Waals surface area contributed by atoms with E-state index in [1.54, 1.807) is 0 Å². The Bertz CT molecular complexity index is 208. The van der Waals surface area contributed by atoms with Crippen LogP contribution in [0.4, 0.5) is 0 Å². The van der Waals surface area contributed by atoms with Gasteiger partial charge in [-0.25, -0.2) is 0 Å². The summed E-state index contributed by atoms with van der Waals surface area (Å²) in [6.45, 7) is 24.8. The van der Waals surface area contributed by atoms with Gasteiger partial charge >= 0.3 is 0 Å². The molecule has 0 atom stereocenters. The molecule has 0 aliphatic carbocycles. The van der Waals surface area contributed by atoms with Crippen LogP contribution in [-0.2, 0) is 0 Å². The Morgan fingerprint density at radius 2 is 0.944 bits per heavy atom. The van der Waals surface area contributed by atoms with E-state index in [1.165, 1.54) is 25.3 Å². The summed E-state index contributed by atoms with van der Waals surface area (Å²) in [5.74, 6) is 0. The monoisotopic (exact) mass is 270 g/mol. The van der Waals surface area contributed by atoms with Gasteiger partial charge in [0.25, 0.3) is 0 Å². The molecular formula is C17H38Si. The Hall–Kier alpha value is 0.217. The summed E-state index contributed by atoms with van der Waals surface area (Å²) in [4.78, 5) is 0. The van der Waals surface area contributed by atoms with Gasteiger partial charge in [0, 0.05) is 0 Å². The van der Waals surface area contributed by atoms with E-state index in [1.807, 2.05) is 0 Å². The lowest BCUT2D eigenvalue weighted by Crippen LogP contribution is -2.58. The quantitative estimate of drug-likeness (QED) is 0.380. The second kappa shape index (κ2) is 5.69. The van der Waals surface area contributed by atoms with Crippen LogP contribution in [-0.4, -0.2) is 8.07 Å². The first-order valence-electron chi connectivity index (χ1n) is 7.81. The van der Waals surface area contributed by atoms with Crippen molar-refractivity contribution in [1.29, 1.82) is 0 Å². The van der Waals surface area contributed by atoms with Crippen LogP contribution in [0, 0.1) is 0 Å². The molecule has 0 heterocycles. The fraction of sp³-hybridized carbons (Fsp3) is 1.00. The van der Waals surface area contributed by atoms with E-state index < -0.39 is 8.07 Å². The molecule has 0 aromatic carbocycles. The molecule has 0 aliphatic heterocycles. The fourth-order valence-corrected chi connectivity index (χ4v) is 14.9. The maximum Gasteiger partial charge on any atom is 0.0697 e. The van der Waals surface area contributed by atoms with Crippen LogP contribution in [0.3, 0.4) is 0 Å². The van der Waals surface area contributed by atoms with Gasteiger partial charge in [0.15, 0.2) is 0 Å². The Morgan fingerprint density at radius 3 is 1.17 bits per heavy atom. The average molecular weight is 271 g/mol. The first kappa shape index (κ1) is 18.2. The van der Waals surface area contributed by atoms with Crippen LogP contribution in [0.25, 0.3) is 0 Å². The zero-order valence-electron chi connectivity index (χ0n) is 14.8. The molecule has 1 heteroatoms. The van der Waals surface area contributed by atoms with Gasteiger partial charge in [0.1, 0.15) is 0 Å². The smallest absolute Gasteiger partial charge is 0.0654 e. The van der Waals surface area contributed by atoms with Crippen molar-refractivity contribution >= 4 is 8.07 Å². The van der Waals surface area contributed by atoms with Crippen molar-refractivity contribution in [2.24, 2.45) is 0 Å². The van der Waals surface area contributed by atoms with E-state index in [-0.39, 0.29) is 0 Å². The van der Waals surface area contributed by atoms with Gasteiger partial charge in [-0.3, -0.25) is 0 Å². The molecule has 0 nitrogen and oxygen atoms in total. The Balaban J connectivity index is 5.61. The molecule has 0 saturated heterocycles. The Labute approximate surface area is 118 Å². The molecule has 0 bridgehead atoms. The highest BCUT2D eigenvalue weighted by Crippen LogP contribution is 2.64. The lowest BCUT2D eigenvalue weighted by Gasteiger charge is -2.60. The van der Waals surface area contributed by atoms with Crippen LogP contribution in [0.5, 0.6) is 0 Å². The van der Waals surface area contributed by atoms with Gasteiger partial charge in [0.05, 0.1) is 8.07 Å². The second-order valence-corrected chi connectivity index (χ2v) is 15.9. The minimum atomic E-state index is -1.44. The molecular weight excluding hydrogens is 232 g/mol. The lowest BCUT2D eigenvalue weighted by molar-refractivity contribution is 0.518. The minimum Gasteiger partial charge on any atom is -0.0654 e. The summed E-state index contributed by atoms with van der Waals surface area (Å²) in [5.41, 5.74) is 0. The normalized spacial score (nSPS) is 15.0. The zero-order chi connectivity index (χ0) is 14.8. The predicted molar refractivity (Wildman–Crippen MR) is 89.2 cm³/mol. The molecule has 0 radical (unpaired) electrons. The van der Waals surface area contributed by atoms with Crippen LogP contribution in [0.1, 0.15) is 88.5 Å². The third-order valence-corrected chi connectivity index (χ3v) is 13.8. The number of unbranched alkanes of at least 4 members (excludes halogenated alkanes) is 2. The molecule has 0 unspecified atom stereocenters. The van der Waals surface area contributed by atoms with Crippen molar-refractivity contribution in [2.75, 3.05) is 0 Å². The van der Waals surface area contributed by atoms with Crippen molar-refractivity contribution in [3.63, 3.8) is 0 Å². The highest BCUT2D eigenvalue weighted by atomic mass is 28.3. The molecule has 0 N–H and O–H groups in total. The summed E-state index contributed by atoms with van der Waals surface area (Å²) in [7, 11) is -1.44. The molecule has 18 heavy (non-hydrogen) atoms. The maximum atomic E-state index is 2.50. The molecule has 0 fully saturated rings. The average Bonchev–Trinajstić information content (AvgIpc) is 2.05. The fourth-order valence-electron chi connectivity index (χ4n) is 5.14. The summed E-state index contributed by atoms with van der Waals surface area (Å²) < 4.78 is 0. The van der Waals surface area contributed by atoms with Crippen molar-refractivity contribution in [3.8, 4) is 0 Å². The summed E-state index contributed by atoms with van der Waals surface area (Å²) >= 11 is 0. The standard InChI is InChI=1S/C17H38Si/c1-11-12-13-14-18(15(2,3)4,16(5,6)7)17(8,9)10/h11-14H2,1-10H3. The van der Waals surface area contributed by atoms with E-state index in [9.17, 15) is 0 Å². The lowest BCUT2D eigenvalue weighted by atomic mass is 10.2. The minimum absolute atomic E-state index is 0.469. The molecule has 0 saturated carbocycles. The molecule has 110 valence electrons. The van der Waals surface area contributed by atoms with Crippen LogP contribution < -0.4 is 0 Å². The number of rotatable bonds is 4. The topological polar surface area (TPSA) is 0 Å². The van der Waals surface area contributed by atoms with Gasteiger partial charge in [0.2, 0.25) is 0 Å². The largest absolute Gasteiger partial charge is 0.0697 e. The van der Waals surface area contributed by atoms with Gasteiger partial charge in [-0.05, 0) is 15.1 Å². The molecule has 0 aromatic heterocycles. The van der Waals surface area contributed by atoms with E-state index in [4.69, 9.17) is 0 Å². The molecule has 0 aliphatic rings. The SMILES string of the molecule is CCCCC[Si](C(C)(C)C)(C(C)(C)C)C(C)(C)C. The third-order valence-electron chi connectivity index (χ3n) is 5.00. The molecule has 0 amide bonds. The van der Waals surface area contributed by atoms with Gasteiger partial charge < -0.3 is 0 Å². The third kappa shape index (κ3) is 3.40. The van der Waals surface area contributed by atoms with Crippen LogP contribution in [0.15, 0.2) is 0 Å². The molecule has 0 spiro atoms. The molecule has 0 aromatic rings. The first-order chi connectivity index (χ1) is 7.81. The predicted octanol–water partition coefficient (Wildman–Crippen LogP) is 7.03. The van der Waals surface area contributed by atoms with Gasteiger partial charge in [-0.2, -0.15) is 0 Å². The second-order valence-electron chi connectivity index (χ2n) is 9.11. The maximum absolute atomic E-state index is 2.50. The van der Waals surface area contributed by atoms with Crippen LogP contribution >= 0.6 is 0 Å². The Morgan fingerprint density at radius 1 is 0.611 bits per heavy atom. The van der Waals surface area contributed by atoms with Crippen molar-refractivity contribution < 1.29 is 0 Å². The van der Waals surface area contributed by atoms with E-state index >= 15 is 0 Å². The summed E-state index contributed by atoms with van der Waals surface area (Å²) in [5, 5.41) is 1.41. The zero-order valence-corrected chi connectivity index (χ0v) is 15.8.